The van der Waals surface area contributed by atoms with Crippen LogP contribution in [-0.2, 0) is 5.41 Å². The summed E-state index contributed by atoms with van der Waals surface area (Å²) in [6.07, 6.45) is 0. The largest absolute Gasteiger partial charge is 0.456 e. The van der Waals surface area contributed by atoms with Crippen molar-refractivity contribution in [3.63, 3.8) is 0 Å². The lowest BCUT2D eigenvalue weighted by molar-refractivity contribution is 0.442. The molecule has 0 bridgehead atoms. The predicted molar refractivity (Wildman–Crippen MR) is 271 cm³/mol. The Morgan fingerprint density at radius 1 is 0.358 bits per heavy atom. The summed E-state index contributed by atoms with van der Waals surface area (Å²) in [6, 6.07) is 81.9. The van der Waals surface area contributed by atoms with Gasteiger partial charge in [0.2, 0.25) is 0 Å². The molecule has 1 aliphatic carbocycles. The van der Waals surface area contributed by atoms with Gasteiger partial charge in [0.25, 0.3) is 0 Å². The van der Waals surface area contributed by atoms with Gasteiger partial charge in [-0.2, -0.15) is 0 Å². The fourth-order valence-corrected chi connectivity index (χ4v) is 11.0. The van der Waals surface area contributed by atoms with Gasteiger partial charge in [0.15, 0.2) is 5.82 Å². The summed E-state index contributed by atoms with van der Waals surface area (Å²) in [5.74, 6) is 2.46. The van der Waals surface area contributed by atoms with E-state index in [1.165, 1.54) is 27.8 Å². The van der Waals surface area contributed by atoms with Gasteiger partial charge in [0.1, 0.15) is 22.7 Å². The molecular weight excluding hydrogens is 817 g/mol. The quantitative estimate of drug-likeness (QED) is 0.173. The van der Waals surface area contributed by atoms with Gasteiger partial charge in [-0.15, -0.1) is 0 Å². The number of hydrogen-bond acceptors (Lipinski definition) is 4. The molecular formula is C63H38N2O2. The highest BCUT2D eigenvalue weighted by atomic mass is 16.5. The second kappa shape index (κ2) is 14.6. The maximum atomic E-state index is 6.94. The van der Waals surface area contributed by atoms with Crippen LogP contribution in [0, 0.1) is 0 Å². The van der Waals surface area contributed by atoms with Crippen molar-refractivity contribution in [2.45, 2.75) is 5.41 Å². The second-order valence-electron chi connectivity index (χ2n) is 17.5. The van der Waals surface area contributed by atoms with Crippen LogP contribution in [0.4, 0.5) is 0 Å². The van der Waals surface area contributed by atoms with Crippen LogP contribution in [0.15, 0.2) is 235 Å². The topological polar surface area (TPSA) is 48.2 Å². The lowest BCUT2D eigenvalue weighted by Gasteiger charge is -2.40. The van der Waals surface area contributed by atoms with Gasteiger partial charge in [0.05, 0.1) is 16.8 Å². The Bertz CT molecular complexity index is 3950. The summed E-state index contributed by atoms with van der Waals surface area (Å²) < 4.78 is 13.3. The zero-order valence-electron chi connectivity index (χ0n) is 36.2. The average Bonchev–Trinajstić information content (AvgIpc) is 3.93. The van der Waals surface area contributed by atoms with E-state index in [0.717, 1.165) is 100 Å². The Balaban J connectivity index is 0.897. The Morgan fingerprint density at radius 2 is 0.940 bits per heavy atom. The first-order chi connectivity index (χ1) is 33.2. The zero-order valence-corrected chi connectivity index (χ0v) is 36.2. The maximum Gasteiger partial charge on any atom is 0.160 e. The lowest BCUT2D eigenvalue weighted by atomic mass is 9.64. The van der Waals surface area contributed by atoms with Crippen LogP contribution in [0.3, 0.4) is 0 Å². The molecule has 67 heavy (non-hydrogen) atoms. The Morgan fingerprint density at radius 3 is 1.78 bits per heavy atom. The fourth-order valence-electron chi connectivity index (χ4n) is 11.0. The number of benzene rings is 10. The zero-order chi connectivity index (χ0) is 44.1. The van der Waals surface area contributed by atoms with E-state index >= 15 is 0 Å². The Labute approximate surface area is 387 Å². The first-order valence-corrected chi connectivity index (χ1v) is 22.8. The van der Waals surface area contributed by atoms with Gasteiger partial charge in [-0.1, -0.05) is 212 Å². The molecule has 1 unspecified atom stereocenters. The molecule has 1 atom stereocenters. The molecule has 3 heterocycles. The summed E-state index contributed by atoms with van der Waals surface area (Å²) >= 11 is 0. The number of hydrogen-bond donors (Lipinski definition) is 0. The number of nitrogens with zero attached hydrogens (tertiary/aromatic N) is 2. The molecule has 0 saturated carbocycles. The molecule has 0 radical (unpaired) electrons. The van der Waals surface area contributed by atoms with E-state index in [2.05, 4.69) is 212 Å². The normalized spacial score (nSPS) is 14.4. The van der Waals surface area contributed by atoms with Crippen LogP contribution in [0.5, 0.6) is 11.5 Å². The third-order valence-corrected chi connectivity index (χ3v) is 14.0. The molecule has 14 rings (SSSR count). The van der Waals surface area contributed by atoms with Crippen molar-refractivity contribution in [1.82, 2.24) is 9.97 Å². The summed E-state index contributed by atoms with van der Waals surface area (Å²) in [5.41, 5.74) is 17.6. The van der Waals surface area contributed by atoms with Crippen molar-refractivity contribution in [1.29, 1.82) is 0 Å². The minimum atomic E-state index is -0.619. The van der Waals surface area contributed by atoms with E-state index in [1.807, 2.05) is 18.2 Å². The van der Waals surface area contributed by atoms with Crippen LogP contribution in [0.1, 0.15) is 22.3 Å². The van der Waals surface area contributed by atoms with Crippen LogP contribution < -0.4 is 4.74 Å². The van der Waals surface area contributed by atoms with Crippen LogP contribution in [-0.4, -0.2) is 9.97 Å². The third kappa shape index (κ3) is 5.60. The molecule has 4 heteroatoms. The van der Waals surface area contributed by atoms with Gasteiger partial charge in [0, 0.05) is 49.5 Å². The van der Waals surface area contributed by atoms with Crippen molar-refractivity contribution >= 4 is 32.7 Å². The fraction of sp³-hybridized carbons (Fsp3) is 0.0159. The predicted octanol–water partition coefficient (Wildman–Crippen LogP) is 16.3. The highest BCUT2D eigenvalue weighted by molar-refractivity contribution is 6.09. The number of fused-ring (bicyclic) bond motifs is 14. The van der Waals surface area contributed by atoms with Crippen molar-refractivity contribution < 1.29 is 9.15 Å². The monoisotopic (exact) mass is 854 g/mol. The van der Waals surface area contributed by atoms with Crippen molar-refractivity contribution in [3.05, 3.63) is 253 Å². The second-order valence-corrected chi connectivity index (χ2v) is 17.5. The van der Waals surface area contributed by atoms with Gasteiger partial charge in [-0.3, -0.25) is 0 Å². The molecule has 1 spiro atoms. The number of para-hydroxylation sites is 3. The van der Waals surface area contributed by atoms with Gasteiger partial charge in [-0.25, -0.2) is 9.97 Å². The molecule has 4 nitrogen and oxygen atoms in total. The first-order valence-electron chi connectivity index (χ1n) is 22.8. The third-order valence-electron chi connectivity index (χ3n) is 14.0. The van der Waals surface area contributed by atoms with Crippen LogP contribution in [0.2, 0.25) is 0 Å². The molecule has 0 saturated heterocycles. The molecule has 1 aliphatic heterocycles. The minimum Gasteiger partial charge on any atom is -0.456 e. The first kappa shape index (κ1) is 37.5. The number of ether oxygens (including phenoxy) is 1. The average molecular weight is 855 g/mol. The van der Waals surface area contributed by atoms with E-state index in [0.29, 0.717) is 5.82 Å². The lowest BCUT2D eigenvalue weighted by Crippen LogP contribution is -2.32. The summed E-state index contributed by atoms with van der Waals surface area (Å²) in [6.45, 7) is 0. The van der Waals surface area contributed by atoms with Gasteiger partial charge >= 0.3 is 0 Å². The standard InChI is InChI=1S/C63H38N2O2/c1-2-15-42(16-3-1)55-38-56(43-32-28-41(29-33-43)46-21-13-23-51-49-19-7-10-26-57(49)66-60(46)51)65-62(64-55)44-34-30-40(31-35-44)45-20-12-22-50-48-18-6-8-24-52(48)63(59(45)50)53-25-9-11-27-58(53)67-61-47-17-5-4-14-39(47)36-37-54(61)63/h1-38H. The molecule has 12 aromatic rings. The van der Waals surface area contributed by atoms with E-state index in [-0.39, 0.29) is 0 Å². The molecule has 0 N–H and O–H groups in total. The maximum absolute atomic E-state index is 6.94. The van der Waals surface area contributed by atoms with E-state index < -0.39 is 5.41 Å². The van der Waals surface area contributed by atoms with E-state index in [1.54, 1.807) is 0 Å². The summed E-state index contributed by atoms with van der Waals surface area (Å²) in [5, 5.41) is 4.50. The van der Waals surface area contributed by atoms with Crippen molar-refractivity contribution in [2.24, 2.45) is 0 Å². The number of furan rings is 1. The minimum absolute atomic E-state index is 0.619. The summed E-state index contributed by atoms with van der Waals surface area (Å²) in [4.78, 5) is 10.5. The smallest absolute Gasteiger partial charge is 0.160 e. The summed E-state index contributed by atoms with van der Waals surface area (Å²) in [7, 11) is 0. The van der Waals surface area contributed by atoms with Crippen molar-refractivity contribution in [2.75, 3.05) is 0 Å². The molecule has 10 aromatic carbocycles. The number of aromatic nitrogens is 2. The van der Waals surface area contributed by atoms with Gasteiger partial charge in [-0.05, 0) is 62.5 Å². The number of rotatable bonds is 5. The molecule has 0 fully saturated rings. The van der Waals surface area contributed by atoms with Crippen molar-refractivity contribution in [3.8, 4) is 78.8 Å². The van der Waals surface area contributed by atoms with Crippen LogP contribution >= 0.6 is 0 Å². The Hall–Kier alpha value is -8.86. The van der Waals surface area contributed by atoms with Gasteiger partial charge < -0.3 is 9.15 Å². The molecule has 2 aliphatic rings. The van der Waals surface area contributed by atoms with Crippen LogP contribution in [0.25, 0.3) is 100.0 Å². The highest BCUT2D eigenvalue weighted by Gasteiger charge is 2.52. The molecule has 0 amide bonds. The molecule has 312 valence electrons. The van der Waals surface area contributed by atoms with E-state index in [9.17, 15) is 0 Å². The molecule has 2 aromatic heterocycles. The Kier molecular flexibility index (Phi) is 8.16. The van der Waals surface area contributed by atoms with E-state index in [4.69, 9.17) is 19.1 Å². The highest BCUT2D eigenvalue weighted by Crippen LogP contribution is 2.64. The SMILES string of the molecule is c1ccc(-c2cc(-c3ccc(-c4cccc5c4oc4ccccc45)cc3)nc(-c3ccc(-c4cccc5c4C4(c6ccccc6Oc6c4ccc4ccccc64)c4ccccc4-5)cc3)n2)cc1.